The second kappa shape index (κ2) is 6.12. The lowest BCUT2D eigenvalue weighted by atomic mass is 9.99. The number of piperidine rings is 1. The van der Waals surface area contributed by atoms with Gasteiger partial charge in [0.2, 0.25) is 0 Å². The number of aliphatic hydroxyl groups is 1. The molecule has 4 nitrogen and oxygen atoms in total. The Morgan fingerprint density at radius 2 is 2.05 bits per heavy atom. The van der Waals surface area contributed by atoms with Crippen LogP contribution in [-0.2, 0) is 0 Å². The quantitative estimate of drug-likeness (QED) is 0.844. The number of carbonyl (C=O) groups excluding carboxylic acids is 1. The van der Waals surface area contributed by atoms with Gasteiger partial charge in [0.25, 0.3) is 0 Å². The van der Waals surface area contributed by atoms with Gasteiger partial charge >= 0.3 is 0 Å². The summed E-state index contributed by atoms with van der Waals surface area (Å²) >= 11 is 0. The van der Waals surface area contributed by atoms with Gasteiger partial charge in [-0.15, -0.1) is 0 Å². The highest BCUT2D eigenvalue weighted by atomic mass is 19.1. The van der Waals surface area contributed by atoms with Crippen molar-refractivity contribution in [2.75, 3.05) is 13.2 Å². The summed E-state index contributed by atoms with van der Waals surface area (Å²) in [5.74, 6) is -0.0544. The number of hydrogen-bond acceptors (Lipinski definition) is 4. The zero-order chi connectivity index (χ0) is 14.8. The minimum atomic E-state index is -0.392. The van der Waals surface area contributed by atoms with Crippen LogP contribution in [0.15, 0.2) is 18.2 Å². The maximum Gasteiger partial charge on any atom is 0.153 e. The van der Waals surface area contributed by atoms with E-state index >= 15 is 0 Å². The van der Waals surface area contributed by atoms with E-state index in [1.165, 1.54) is 18.2 Å². The molecule has 0 amide bonds. The van der Waals surface area contributed by atoms with E-state index in [4.69, 9.17) is 9.84 Å². The van der Waals surface area contributed by atoms with E-state index in [9.17, 15) is 9.18 Å². The van der Waals surface area contributed by atoms with E-state index in [1.54, 1.807) is 0 Å². The molecule has 2 heterocycles. The van der Waals surface area contributed by atoms with Crippen molar-refractivity contribution in [3.05, 3.63) is 29.6 Å². The number of hydrogen-bond donors (Lipinski definition) is 1. The number of carbonyl (C=O) groups is 1. The molecule has 2 aliphatic heterocycles. The molecular weight excluding hydrogens is 273 g/mol. The molecule has 2 saturated heterocycles. The highest BCUT2D eigenvalue weighted by molar-refractivity contribution is 5.79. The Balaban J connectivity index is 1.70. The molecule has 1 aromatic carbocycles. The van der Waals surface area contributed by atoms with Crippen LogP contribution in [0.1, 0.15) is 36.0 Å². The van der Waals surface area contributed by atoms with Crippen LogP contribution in [-0.4, -0.2) is 47.6 Å². The number of ether oxygens (including phenoxy) is 1. The van der Waals surface area contributed by atoms with Gasteiger partial charge in [0.1, 0.15) is 17.7 Å². The smallest absolute Gasteiger partial charge is 0.153 e. The van der Waals surface area contributed by atoms with Gasteiger partial charge < -0.3 is 9.84 Å². The summed E-state index contributed by atoms with van der Waals surface area (Å²) in [5.41, 5.74) is 0.390. The summed E-state index contributed by atoms with van der Waals surface area (Å²) < 4.78 is 19.2. The van der Waals surface area contributed by atoms with Crippen LogP contribution in [0.5, 0.6) is 5.75 Å². The van der Waals surface area contributed by atoms with Crippen molar-refractivity contribution in [3.63, 3.8) is 0 Å². The van der Waals surface area contributed by atoms with Crippen LogP contribution in [0, 0.1) is 5.82 Å². The third-order valence-electron chi connectivity index (χ3n) is 4.60. The Labute approximate surface area is 123 Å². The molecule has 5 heteroatoms. The van der Waals surface area contributed by atoms with Crippen molar-refractivity contribution in [2.24, 2.45) is 0 Å². The molecule has 2 fully saturated rings. The van der Waals surface area contributed by atoms with Gasteiger partial charge in [0, 0.05) is 24.7 Å². The topological polar surface area (TPSA) is 49.8 Å². The summed E-state index contributed by atoms with van der Waals surface area (Å²) in [6.45, 7) is 0.888. The Kier molecular flexibility index (Phi) is 4.22. The van der Waals surface area contributed by atoms with Crippen molar-refractivity contribution in [2.45, 2.75) is 43.9 Å². The molecule has 0 spiro atoms. The monoisotopic (exact) mass is 293 g/mol. The molecule has 0 aliphatic carbocycles. The van der Waals surface area contributed by atoms with Crippen LogP contribution < -0.4 is 4.74 Å². The predicted molar refractivity (Wildman–Crippen MR) is 76.0 cm³/mol. The van der Waals surface area contributed by atoms with Gasteiger partial charge in [0.05, 0.1) is 12.2 Å². The number of benzene rings is 1. The molecule has 0 radical (unpaired) electrons. The Bertz CT molecular complexity index is 508. The third kappa shape index (κ3) is 2.94. The molecule has 21 heavy (non-hydrogen) atoms. The van der Waals surface area contributed by atoms with E-state index in [1.807, 2.05) is 0 Å². The van der Waals surface area contributed by atoms with Crippen LogP contribution in [0.25, 0.3) is 0 Å². The molecule has 1 unspecified atom stereocenters. The van der Waals surface area contributed by atoms with E-state index in [0.717, 1.165) is 25.7 Å². The molecule has 114 valence electrons. The largest absolute Gasteiger partial charge is 0.489 e. The second-order valence-corrected chi connectivity index (χ2v) is 5.86. The lowest BCUT2D eigenvalue weighted by Gasteiger charge is -2.38. The first-order chi connectivity index (χ1) is 10.2. The second-order valence-electron chi connectivity index (χ2n) is 5.86. The van der Waals surface area contributed by atoms with Crippen molar-refractivity contribution >= 4 is 6.29 Å². The minimum absolute atomic E-state index is 0.0120. The molecule has 3 atom stereocenters. The summed E-state index contributed by atoms with van der Waals surface area (Å²) in [4.78, 5) is 13.4. The first-order valence-corrected chi connectivity index (χ1v) is 7.49. The normalized spacial score (nSPS) is 28.6. The molecule has 3 rings (SSSR count). The summed E-state index contributed by atoms with van der Waals surface area (Å²) in [7, 11) is 0. The zero-order valence-electron chi connectivity index (χ0n) is 11.9. The van der Waals surface area contributed by atoms with Gasteiger partial charge in [-0.05, 0) is 37.8 Å². The average molecular weight is 293 g/mol. The molecule has 1 N–H and O–H groups in total. The molecule has 0 saturated carbocycles. The minimum Gasteiger partial charge on any atom is -0.489 e. The van der Waals surface area contributed by atoms with Crippen molar-refractivity contribution in [1.29, 1.82) is 0 Å². The Morgan fingerprint density at radius 1 is 1.33 bits per heavy atom. The standard InChI is InChI=1S/C16H20FNO3/c17-12-2-1-11(10-20)16(7-12)21-15-8-13-3-4-14(9-15)18(13)5-6-19/h1-2,7,10,13-15,19H,3-6,8-9H2/t13-,14+,15?. The zero-order valence-corrected chi connectivity index (χ0v) is 11.9. The van der Waals surface area contributed by atoms with Gasteiger partial charge in [-0.3, -0.25) is 9.69 Å². The molecular formula is C16H20FNO3. The number of halogens is 1. The summed E-state index contributed by atoms with van der Waals surface area (Å²) in [6, 6.07) is 4.85. The van der Waals surface area contributed by atoms with E-state index in [-0.39, 0.29) is 12.7 Å². The number of aldehydes is 1. The van der Waals surface area contributed by atoms with Crippen LogP contribution in [0.2, 0.25) is 0 Å². The number of rotatable bonds is 5. The van der Waals surface area contributed by atoms with Gasteiger partial charge in [0.15, 0.2) is 6.29 Å². The molecule has 2 aliphatic rings. The van der Waals surface area contributed by atoms with Gasteiger partial charge in [-0.25, -0.2) is 4.39 Å². The van der Waals surface area contributed by atoms with Crippen molar-refractivity contribution in [3.8, 4) is 5.75 Å². The van der Waals surface area contributed by atoms with Crippen molar-refractivity contribution in [1.82, 2.24) is 4.90 Å². The fraction of sp³-hybridized carbons (Fsp3) is 0.562. The fourth-order valence-corrected chi connectivity index (χ4v) is 3.69. The Hall–Kier alpha value is -1.46. The first-order valence-electron chi connectivity index (χ1n) is 7.49. The van der Waals surface area contributed by atoms with E-state index in [2.05, 4.69) is 4.90 Å². The number of fused-ring (bicyclic) bond motifs is 2. The van der Waals surface area contributed by atoms with Crippen LogP contribution in [0.4, 0.5) is 4.39 Å². The highest BCUT2D eigenvalue weighted by Gasteiger charge is 2.41. The molecule has 0 aromatic heterocycles. The lowest BCUT2D eigenvalue weighted by molar-refractivity contribution is 0.0387. The van der Waals surface area contributed by atoms with Crippen molar-refractivity contribution < 1.29 is 19.0 Å². The number of nitrogens with zero attached hydrogens (tertiary/aromatic N) is 1. The maximum absolute atomic E-state index is 13.3. The fourth-order valence-electron chi connectivity index (χ4n) is 3.69. The maximum atomic E-state index is 13.3. The van der Waals surface area contributed by atoms with Gasteiger partial charge in [-0.2, -0.15) is 0 Å². The average Bonchev–Trinajstić information content (AvgIpc) is 2.71. The summed E-state index contributed by atoms with van der Waals surface area (Å²) in [6.07, 6.45) is 4.68. The SMILES string of the molecule is O=Cc1ccc(F)cc1OC1C[C@H]2CC[C@@H](C1)N2CCO. The predicted octanol–water partition coefficient (Wildman–Crippen LogP) is 2.00. The van der Waals surface area contributed by atoms with Gasteiger partial charge in [-0.1, -0.05) is 0 Å². The molecule has 2 bridgehead atoms. The van der Waals surface area contributed by atoms with E-state index in [0.29, 0.717) is 36.2 Å². The lowest BCUT2D eigenvalue weighted by Crippen LogP contribution is -2.47. The number of aliphatic hydroxyl groups excluding tert-OH is 1. The van der Waals surface area contributed by atoms with Crippen LogP contribution in [0.3, 0.4) is 0 Å². The van der Waals surface area contributed by atoms with Crippen LogP contribution >= 0.6 is 0 Å². The van der Waals surface area contributed by atoms with E-state index < -0.39 is 5.82 Å². The third-order valence-corrected chi connectivity index (χ3v) is 4.60. The molecule has 1 aromatic rings. The Morgan fingerprint density at radius 3 is 2.67 bits per heavy atom. The first kappa shape index (κ1) is 14.5. The highest BCUT2D eigenvalue weighted by Crippen LogP contribution is 2.37. The summed E-state index contributed by atoms with van der Waals surface area (Å²) in [5, 5.41) is 9.13.